The fraction of sp³-hybridized carbons (Fsp3) is 0.300. The van der Waals surface area contributed by atoms with Crippen LogP contribution in [0.25, 0.3) is 0 Å². The minimum Gasteiger partial charge on any atom is -0.490 e. The van der Waals surface area contributed by atoms with Crippen molar-refractivity contribution in [3.05, 3.63) is 54.1 Å². The summed E-state index contributed by atoms with van der Waals surface area (Å²) in [4.78, 5) is 25.6. The van der Waals surface area contributed by atoms with Gasteiger partial charge in [-0.05, 0) is 31.2 Å². The monoisotopic (exact) mass is 371 g/mol. The van der Waals surface area contributed by atoms with Crippen molar-refractivity contribution >= 4 is 11.9 Å². The number of ether oxygens (including phenoxy) is 3. The van der Waals surface area contributed by atoms with E-state index in [4.69, 9.17) is 19.3 Å². The Kier molecular flexibility index (Phi) is 5.93. The van der Waals surface area contributed by atoms with Crippen LogP contribution >= 0.6 is 0 Å². The lowest BCUT2D eigenvalue weighted by Gasteiger charge is -2.31. The first kappa shape index (κ1) is 18.7. The van der Waals surface area contributed by atoms with E-state index in [2.05, 4.69) is 0 Å². The summed E-state index contributed by atoms with van der Waals surface area (Å²) in [5, 5.41) is 9.14. The van der Waals surface area contributed by atoms with Gasteiger partial charge in [-0.3, -0.25) is 4.79 Å². The largest absolute Gasteiger partial charge is 0.490 e. The molecule has 0 aromatic heterocycles. The van der Waals surface area contributed by atoms with E-state index in [1.165, 1.54) is 4.90 Å². The van der Waals surface area contributed by atoms with Gasteiger partial charge in [-0.15, -0.1) is 0 Å². The van der Waals surface area contributed by atoms with Crippen molar-refractivity contribution in [1.82, 2.24) is 4.90 Å². The molecule has 1 unspecified atom stereocenters. The fourth-order valence-electron chi connectivity index (χ4n) is 2.81. The Labute approximate surface area is 157 Å². The zero-order valence-corrected chi connectivity index (χ0v) is 15.0. The summed E-state index contributed by atoms with van der Waals surface area (Å²) in [7, 11) is 0. The van der Waals surface area contributed by atoms with E-state index in [1.807, 2.05) is 19.1 Å². The number of hydrogen-bond acceptors (Lipinski definition) is 5. The van der Waals surface area contributed by atoms with Crippen molar-refractivity contribution in [1.29, 1.82) is 0 Å². The number of carbonyl (C=O) groups excluding carboxylic acids is 1. The first-order chi connectivity index (χ1) is 13.1. The van der Waals surface area contributed by atoms with E-state index in [0.717, 1.165) is 0 Å². The maximum atomic E-state index is 13.0. The number of para-hydroxylation sites is 3. The van der Waals surface area contributed by atoms with Crippen molar-refractivity contribution < 1.29 is 28.9 Å². The summed E-state index contributed by atoms with van der Waals surface area (Å²) in [6.07, 6.45) is -1.02. The van der Waals surface area contributed by atoms with Gasteiger partial charge in [-0.1, -0.05) is 24.3 Å². The lowest BCUT2D eigenvalue weighted by molar-refractivity contribution is -0.154. The summed E-state index contributed by atoms with van der Waals surface area (Å²) >= 11 is 0. The Morgan fingerprint density at radius 2 is 1.78 bits per heavy atom. The number of amides is 1. The van der Waals surface area contributed by atoms with Crippen LogP contribution in [0, 0.1) is 0 Å². The number of morpholine rings is 1. The van der Waals surface area contributed by atoms with Gasteiger partial charge < -0.3 is 24.2 Å². The summed E-state index contributed by atoms with van der Waals surface area (Å²) in [5.41, 5.74) is 0.356. The average Bonchev–Trinajstić information content (AvgIpc) is 2.69. The highest BCUT2D eigenvalue weighted by molar-refractivity contribution is 5.97. The van der Waals surface area contributed by atoms with Crippen LogP contribution in [-0.4, -0.2) is 54.3 Å². The molecule has 2 aromatic carbocycles. The zero-order chi connectivity index (χ0) is 19.2. The third kappa shape index (κ3) is 4.38. The molecule has 0 bridgehead atoms. The Morgan fingerprint density at radius 3 is 2.48 bits per heavy atom. The summed E-state index contributed by atoms with van der Waals surface area (Å²) in [6.45, 7) is 2.88. The highest BCUT2D eigenvalue weighted by Gasteiger charge is 2.30. The lowest BCUT2D eigenvalue weighted by Crippen LogP contribution is -2.48. The van der Waals surface area contributed by atoms with Crippen LogP contribution in [0.5, 0.6) is 17.2 Å². The highest BCUT2D eigenvalue weighted by Crippen LogP contribution is 2.33. The third-order valence-corrected chi connectivity index (χ3v) is 4.12. The van der Waals surface area contributed by atoms with Gasteiger partial charge in [0.05, 0.1) is 25.3 Å². The third-order valence-electron chi connectivity index (χ3n) is 4.12. The van der Waals surface area contributed by atoms with Crippen LogP contribution in [0.4, 0.5) is 0 Å². The number of nitrogens with zero attached hydrogens (tertiary/aromatic N) is 1. The molecule has 1 saturated heterocycles. The second-order valence-corrected chi connectivity index (χ2v) is 5.93. The van der Waals surface area contributed by atoms with Gasteiger partial charge in [0.2, 0.25) is 0 Å². The number of aliphatic carboxylic acids is 1. The molecule has 0 radical (unpaired) electrons. The van der Waals surface area contributed by atoms with E-state index in [9.17, 15) is 9.59 Å². The van der Waals surface area contributed by atoms with Gasteiger partial charge in [0.15, 0.2) is 17.6 Å². The van der Waals surface area contributed by atoms with Crippen LogP contribution in [0.15, 0.2) is 48.5 Å². The molecule has 1 heterocycles. The molecule has 1 aliphatic heterocycles. The number of hydrogen-bond donors (Lipinski definition) is 1. The number of carboxylic acid groups (broad SMARTS) is 1. The fourth-order valence-corrected chi connectivity index (χ4v) is 2.81. The molecule has 27 heavy (non-hydrogen) atoms. The second-order valence-electron chi connectivity index (χ2n) is 5.93. The molecule has 3 rings (SSSR count). The van der Waals surface area contributed by atoms with Crippen LogP contribution in [0.2, 0.25) is 0 Å². The SMILES string of the molecule is CCOc1ccccc1Oc1ccccc1C(=O)N1CCOC(C(=O)O)C1. The number of rotatable bonds is 6. The van der Waals surface area contributed by atoms with Crippen molar-refractivity contribution in [2.24, 2.45) is 0 Å². The molecule has 1 fully saturated rings. The average molecular weight is 371 g/mol. The first-order valence-electron chi connectivity index (χ1n) is 8.72. The molecule has 0 spiro atoms. The van der Waals surface area contributed by atoms with E-state index in [-0.39, 0.29) is 19.1 Å². The minimum atomic E-state index is -1.08. The smallest absolute Gasteiger partial charge is 0.334 e. The standard InChI is InChI=1S/C20H21NO6/c1-2-25-16-9-5-6-10-17(16)27-15-8-4-3-7-14(15)19(22)21-11-12-26-18(13-21)20(23)24/h3-10,18H,2,11-13H2,1H3,(H,23,24). The van der Waals surface area contributed by atoms with E-state index < -0.39 is 12.1 Å². The second kappa shape index (κ2) is 8.55. The minimum absolute atomic E-state index is 0.00195. The van der Waals surface area contributed by atoms with Gasteiger partial charge in [0, 0.05) is 6.54 Å². The molecule has 0 aliphatic carbocycles. The van der Waals surface area contributed by atoms with Crippen molar-refractivity contribution in [2.45, 2.75) is 13.0 Å². The molecular formula is C20H21NO6. The number of benzene rings is 2. The van der Waals surface area contributed by atoms with Crippen LogP contribution in [0.3, 0.4) is 0 Å². The highest BCUT2D eigenvalue weighted by atomic mass is 16.5. The van der Waals surface area contributed by atoms with Crippen molar-refractivity contribution in [3.63, 3.8) is 0 Å². The number of carbonyl (C=O) groups is 2. The van der Waals surface area contributed by atoms with Crippen molar-refractivity contribution in [3.8, 4) is 17.2 Å². The van der Waals surface area contributed by atoms with Gasteiger partial charge in [0.25, 0.3) is 5.91 Å². The van der Waals surface area contributed by atoms with Crippen LogP contribution < -0.4 is 9.47 Å². The molecule has 1 atom stereocenters. The van der Waals surface area contributed by atoms with E-state index in [1.54, 1.807) is 36.4 Å². The van der Waals surface area contributed by atoms with Crippen molar-refractivity contribution in [2.75, 3.05) is 26.3 Å². The first-order valence-corrected chi connectivity index (χ1v) is 8.72. The maximum Gasteiger partial charge on any atom is 0.334 e. The maximum absolute atomic E-state index is 13.0. The molecular weight excluding hydrogens is 350 g/mol. The van der Waals surface area contributed by atoms with Crippen LogP contribution in [-0.2, 0) is 9.53 Å². The number of carboxylic acids is 1. The molecule has 2 aromatic rings. The molecule has 1 N–H and O–H groups in total. The molecule has 7 heteroatoms. The van der Waals surface area contributed by atoms with Gasteiger partial charge in [-0.2, -0.15) is 0 Å². The quantitative estimate of drug-likeness (QED) is 0.840. The van der Waals surface area contributed by atoms with Crippen LogP contribution in [0.1, 0.15) is 17.3 Å². The summed E-state index contributed by atoms with van der Waals surface area (Å²) in [6, 6.07) is 14.1. The predicted molar refractivity (Wildman–Crippen MR) is 97.4 cm³/mol. The zero-order valence-electron chi connectivity index (χ0n) is 15.0. The Hall–Kier alpha value is -3.06. The Balaban J connectivity index is 1.84. The molecule has 0 saturated carbocycles. The molecule has 142 valence electrons. The Morgan fingerprint density at radius 1 is 1.11 bits per heavy atom. The predicted octanol–water partition coefficient (Wildman–Crippen LogP) is 2.80. The van der Waals surface area contributed by atoms with Gasteiger partial charge in [-0.25, -0.2) is 4.79 Å². The van der Waals surface area contributed by atoms with Gasteiger partial charge in [0.1, 0.15) is 5.75 Å². The normalized spacial score (nSPS) is 16.6. The molecule has 7 nitrogen and oxygen atoms in total. The summed E-state index contributed by atoms with van der Waals surface area (Å²) < 4.78 is 16.7. The van der Waals surface area contributed by atoms with Gasteiger partial charge >= 0.3 is 5.97 Å². The molecule has 1 aliphatic rings. The topological polar surface area (TPSA) is 85.3 Å². The van der Waals surface area contributed by atoms with E-state index in [0.29, 0.717) is 36.0 Å². The Bertz CT molecular complexity index is 822. The van der Waals surface area contributed by atoms with E-state index >= 15 is 0 Å². The summed E-state index contributed by atoms with van der Waals surface area (Å²) in [5.74, 6) is 0.0919. The molecule has 1 amide bonds. The lowest BCUT2D eigenvalue weighted by atomic mass is 10.1.